The molecule has 1 aromatic carbocycles. The minimum atomic E-state index is -0.728. The van der Waals surface area contributed by atoms with Crippen LogP contribution >= 0.6 is 0 Å². The van der Waals surface area contributed by atoms with Crippen LogP contribution in [-0.4, -0.2) is 39.6 Å². The fraction of sp³-hybridized carbons (Fsp3) is 0.391. The average Bonchev–Trinajstić information content (AvgIpc) is 2.80. The summed E-state index contributed by atoms with van der Waals surface area (Å²) >= 11 is 0. The van der Waals surface area contributed by atoms with Crippen molar-refractivity contribution in [2.24, 2.45) is 11.8 Å². The van der Waals surface area contributed by atoms with Gasteiger partial charge in [-0.2, -0.15) is 0 Å². The number of halogens is 2. The molecule has 2 unspecified atom stereocenters. The summed E-state index contributed by atoms with van der Waals surface area (Å²) in [5.74, 6) is -0.612. The van der Waals surface area contributed by atoms with Gasteiger partial charge in [0, 0.05) is 43.4 Å². The number of piperidine rings is 1. The maximum atomic E-state index is 14.6. The summed E-state index contributed by atoms with van der Waals surface area (Å²) in [5, 5.41) is 0. The Morgan fingerprint density at radius 2 is 1.71 bits per heavy atom. The van der Waals surface area contributed by atoms with Gasteiger partial charge in [0.25, 0.3) is 0 Å². The van der Waals surface area contributed by atoms with E-state index in [0.29, 0.717) is 11.1 Å². The molecule has 162 valence electrons. The number of rotatable bonds is 6. The molecule has 6 nitrogen and oxygen atoms in total. The van der Waals surface area contributed by atoms with Crippen molar-refractivity contribution >= 4 is 5.95 Å². The molecule has 0 bridgehead atoms. The van der Waals surface area contributed by atoms with Gasteiger partial charge in [-0.15, -0.1) is 0 Å². The Kier molecular flexibility index (Phi) is 6.34. The molecular formula is C23H25F2N5O. The Morgan fingerprint density at radius 3 is 2.32 bits per heavy atom. The van der Waals surface area contributed by atoms with Crippen molar-refractivity contribution < 1.29 is 13.5 Å². The van der Waals surface area contributed by atoms with Crippen LogP contribution in [0.1, 0.15) is 25.8 Å². The standard InChI is InChI=1S/C23H25F2N5O/c1-3-16-8-28-23(29-9-16)30-5-4-17(15(2)12-30)13-31-22-20(24)6-18(7-21(22)25)19-10-26-14-27-11-19/h6-11,14-15,17H,3-5,12-13H2,1-2H3. The first-order valence-electron chi connectivity index (χ1n) is 10.5. The van der Waals surface area contributed by atoms with Gasteiger partial charge < -0.3 is 9.64 Å². The van der Waals surface area contributed by atoms with Crippen LogP contribution < -0.4 is 9.64 Å². The number of aryl methyl sites for hydroxylation is 1. The molecule has 0 aliphatic carbocycles. The number of aromatic nitrogens is 4. The molecule has 2 atom stereocenters. The average molecular weight is 425 g/mol. The number of hydrogen-bond acceptors (Lipinski definition) is 6. The lowest BCUT2D eigenvalue weighted by atomic mass is 9.87. The van der Waals surface area contributed by atoms with Crippen molar-refractivity contribution in [3.05, 3.63) is 60.4 Å². The number of nitrogens with zero attached hydrogens (tertiary/aromatic N) is 5. The molecule has 1 saturated heterocycles. The molecule has 0 N–H and O–H groups in total. The highest BCUT2D eigenvalue weighted by molar-refractivity contribution is 5.62. The fourth-order valence-corrected chi connectivity index (χ4v) is 3.82. The summed E-state index contributed by atoms with van der Waals surface area (Å²) in [6, 6.07) is 2.50. The molecule has 1 fully saturated rings. The predicted molar refractivity (Wildman–Crippen MR) is 114 cm³/mol. The van der Waals surface area contributed by atoms with Crippen LogP contribution in [0.15, 0.2) is 43.2 Å². The van der Waals surface area contributed by atoms with E-state index in [1.165, 1.54) is 30.9 Å². The van der Waals surface area contributed by atoms with Crippen molar-refractivity contribution in [2.75, 3.05) is 24.6 Å². The summed E-state index contributed by atoms with van der Waals surface area (Å²) in [4.78, 5) is 18.8. The van der Waals surface area contributed by atoms with E-state index < -0.39 is 11.6 Å². The second kappa shape index (κ2) is 9.32. The van der Waals surface area contributed by atoms with Crippen LogP contribution in [-0.2, 0) is 6.42 Å². The van der Waals surface area contributed by atoms with Crippen molar-refractivity contribution in [1.29, 1.82) is 0 Å². The minimum absolute atomic E-state index is 0.187. The number of ether oxygens (including phenoxy) is 1. The first kappa shape index (κ1) is 21.1. The Labute approximate surface area is 180 Å². The van der Waals surface area contributed by atoms with Crippen LogP contribution in [0.3, 0.4) is 0 Å². The van der Waals surface area contributed by atoms with E-state index in [0.717, 1.165) is 37.4 Å². The zero-order valence-electron chi connectivity index (χ0n) is 17.6. The Hall–Kier alpha value is -3.16. The van der Waals surface area contributed by atoms with Crippen molar-refractivity contribution in [3.8, 4) is 16.9 Å². The van der Waals surface area contributed by atoms with E-state index in [2.05, 4.69) is 38.7 Å². The zero-order chi connectivity index (χ0) is 21.8. The number of benzene rings is 1. The SMILES string of the molecule is CCc1cnc(N2CCC(COc3c(F)cc(-c4cncnc4)cc3F)C(C)C2)nc1. The topological polar surface area (TPSA) is 64.0 Å². The van der Waals surface area contributed by atoms with Crippen LogP contribution in [0.4, 0.5) is 14.7 Å². The van der Waals surface area contributed by atoms with Gasteiger partial charge in [-0.1, -0.05) is 13.8 Å². The molecule has 3 aromatic rings. The molecule has 8 heteroatoms. The smallest absolute Gasteiger partial charge is 0.225 e. The Morgan fingerprint density at radius 1 is 1.03 bits per heavy atom. The zero-order valence-corrected chi connectivity index (χ0v) is 17.6. The third-order valence-corrected chi connectivity index (χ3v) is 5.80. The summed E-state index contributed by atoms with van der Waals surface area (Å²) in [5.41, 5.74) is 2.02. The molecule has 2 aromatic heterocycles. The molecule has 31 heavy (non-hydrogen) atoms. The normalized spacial score (nSPS) is 18.8. The van der Waals surface area contributed by atoms with Gasteiger partial charge >= 0.3 is 0 Å². The van der Waals surface area contributed by atoms with Crippen LogP contribution in [0, 0.1) is 23.5 Å². The third-order valence-electron chi connectivity index (χ3n) is 5.80. The first-order chi connectivity index (χ1) is 15.0. The van der Waals surface area contributed by atoms with Gasteiger partial charge in [0.05, 0.1) is 6.61 Å². The second-order valence-electron chi connectivity index (χ2n) is 7.92. The molecule has 0 radical (unpaired) electrons. The van der Waals surface area contributed by atoms with E-state index in [4.69, 9.17) is 4.74 Å². The highest BCUT2D eigenvalue weighted by Gasteiger charge is 2.28. The molecular weight excluding hydrogens is 400 g/mol. The van der Waals surface area contributed by atoms with E-state index in [1.54, 1.807) is 0 Å². The molecule has 0 saturated carbocycles. The van der Waals surface area contributed by atoms with Crippen LogP contribution in [0.25, 0.3) is 11.1 Å². The van der Waals surface area contributed by atoms with Gasteiger partial charge in [0.2, 0.25) is 5.95 Å². The largest absolute Gasteiger partial charge is 0.487 e. The molecule has 4 rings (SSSR count). The quantitative estimate of drug-likeness (QED) is 0.586. The van der Waals surface area contributed by atoms with E-state index in [9.17, 15) is 8.78 Å². The van der Waals surface area contributed by atoms with E-state index in [1.807, 2.05) is 12.4 Å². The number of anilines is 1. The molecule has 0 spiro atoms. The third kappa shape index (κ3) is 4.78. The maximum absolute atomic E-state index is 14.6. The van der Waals surface area contributed by atoms with Gasteiger partial charge in [-0.05, 0) is 47.9 Å². The van der Waals surface area contributed by atoms with Crippen LogP contribution in [0.5, 0.6) is 5.75 Å². The second-order valence-corrected chi connectivity index (χ2v) is 7.92. The van der Waals surface area contributed by atoms with Gasteiger partial charge in [0.15, 0.2) is 17.4 Å². The monoisotopic (exact) mass is 425 g/mol. The lowest BCUT2D eigenvalue weighted by Gasteiger charge is -2.36. The predicted octanol–water partition coefficient (Wildman–Crippen LogP) is 4.32. The maximum Gasteiger partial charge on any atom is 0.225 e. The van der Waals surface area contributed by atoms with Gasteiger partial charge in [-0.25, -0.2) is 28.7 Å². The van der Waals surface area contributed by atoms with Gasteiger partial charge in [0.1, 0.15) is 6.33 Å². The lowest BCUT2D eigenvalue weighted by Crippen LogP contribution is -2.42. The van der Waals surface area contributed by atoms with Crippen molar-refractivity contribution in [2.45, 2.75) is 26.7 Å². The molecule has 3 heterocycles. The summed E-state index contributed by atoms with van der Waals surface area (Å²) < 4.78 is 34.7. The van der Waals surface area contributed by atoms with Crippen LogP contribution in [0.2, 0.25) is 0 Å². The van der Waals surface area contributed by atoms with E-state index in [-0.39, 0.29) is 24.2 Å². The van der Waals surface area contributed by atoms with E-state index >= 15 is 0 Å². The summed E-state index contributed by atoms with van der Waals surface area (Å²) in [6.07, 6.45) is 9.85. The lowest BCUT2D eigenvalue weighted by molar-refractivity contribution is 0.168. The highest BCUT2D eigenvalue weighted by atomic mass is 19.1. The fourth-order valence-electron chi connectivity index (χ4n) is 3.82. The van der Waals surface area contributed by atoms with Crippen molar-refractivity contribution in [3.63, 3.8) is 0 Å². The van der Waals surface area contributed by atoms with Crippen molar-refractivity contribution in [1.82, 2.24) is 19.9 Å². The molecule has 1 aliphatic heterocycles. The summed E-state index contributed by atoms with van der Waals surface area (Å²) in [7, 11) is 0. The Bertz CT molecular complexity index is 993. The Balaban J connectivity index is 1.38. The molecule has 1 aliphatic rings. The molecule has 0 amide bonds. The summed E-state index contributed by atoms with van der Waals surface area (Å²) in [6.45, 7) is 6.00. The first-order valence-corrected chi connectivity index (χ1v) is 10.5. The minimum Gasteiger partial charge on any atom is -0.487 e. The highest BCUT2D eigenvalue weighted by Crippen LogP contribution is 2.31. The van der Waals surface area contributed by atoms with Gasteiger partial charge in [-0.3, -0.25) is 0 Å². The number of hydrogen-bond donors (Lipinski definition) is 0.